The molecule has 12 nitrogen and oxygen atoms in total. The summed E-state index contributed by atoms with van der Waals surface area (Å²) in [6.07, 6.45) is 1.99. The van der Waals surface area contributed by atoms with Crippen LogP contribution in [0.4, 0.5) is 0 Å². The van der Waals surface area contributed by atoms with E-state index in [9.17, 15) is 29.2 Å². The number of aromatic nitrogens is 2. The maximum atomic E-state index is 13.5. The number of hydrogen-bond acceptors (Lipinski definition) is 8. The molecule has 4 aliphatic rings. The standard InChI is InChI=1S/C41H38ClN7O5/c1-23-24(2)48(45-37(23)28-7-8-29(18-43)34(42)17-28)20-25-3-5-27(6-4-25)39(52)47-13-11-26(12-14-47)19-46-21-30-15-32-33(16-31(30)22-46)41(54)49(40(32)53)35-9-10-36(50)44-38(35)51/h3-8,15-17,26,35H,9-14,19-22H2,1-2H3,(H,44,50,51). The number of rotatable bonds is 7. The Morgan fingerprint density at radius 3 is 2.20 bits per heavy atom. The van der Waals surface area contributed by atoms with Crippen LogP contribution in [0.1, 0.15) is 90.3 Å². The zero-order chi connectivity index (χ0) is 37.8. The first-order valence-electron chi connectivity index (χ1n) is 18.2. The third kappa shape index (κ3) is 6.37. The van der Waals surface area contributed by atoms with Gasteiger partial charge in [0.15, 0.2) is 0 Å². The molecule has 1 aromatic heterocycles. The molecular formula is C41H38ClN7O5. The lowest BCUT2D eigenvalue weighted by Gasteiger charge is -2.34. The summed E-state index contributed by atoms with van der Waals surface area (Å²) < 4.78 is 1.95. The Balaban J connectivity index is 0.842. The summed E-state index contributed by atoms with van der Waals surface area (Å²) >= 11 is 6.29. The molecule has 54 heavy (non-hydrogen) atoms. The summed E-state index contributed by atoms with van der Waals surface area (Å²) in [6, 6.07) is 17.8. The van der Waals surface area contributed by atoms with Crippen LogP contribution in [0.2, 0.25) is 5.02 Å². The van der Waals surface area contributed by atoms with Crippen molar-refractivity contribution in [1.82, 2.24) is 29.8 Å². The van der Waals surface area contributed by atoms with Gasteiger partial charge >= 0.3 is 0 Å². The van der Waals surface area contributed by atoms with Crippen molar-refractivity contribution in [3.8, 4) is 17.3 Å². The number of nitrogens with one attached hydrogen (secondary N) is 1. The molecule has 4 aromatic rings. The van der Waals surface area contributed by atoms with Crippen molar-refractivity contribution < 1.29 is 24.0 Å². The lowest BCUT2D eigenvalue weighted by Crippen LogP contribution is -2.54. The van der Waals surface area contributed by atoms with Gasteiger partial charge in [-0.25, -0.2) is 0 Å². The maximum Gasteiger partial charge on any atom is 0.262 e. The van der Waals surface area contributed by atoms with Crippen LogP contribution in [-0.4, -0.2) is 79.7 Å². The monoisotopic (exact) mass is 743 g/mol. The second-order valence-electron chi connectivity index (χ2n) is 14.7. The number of halogens is 1. The van der Waals surface area contributed by atoms with E-state index < -0.39 is 29.7 Å². The second-order valence-corrected chi connectivity index (χ2v) is 15.1. The number of piperidine rings is 2. The average molecular weight is 744 g/mol. The minimum absolute atomic E-state index is 0.0230. The highest BCUT2D eigenvalue weighted by Gasteiger charge is 2.45. The number of fused-ring (bicyclic) bond motifs is 2. The first-order valence-corrected chi connectivity index (χ1v) is 18.6. The summed E-state index contributed by atoms with van der Waals surface area (Å²) in [7, 11) is 0. The predicted octanol–water partition coefficient (Wildman–Crippen LogP) is 5.01. The molecule has 0 bridgehead atoms. The summed E-state index contributed by atoms with van der Waals surface area (Å²) in [5.41, 5.74) is 8.49. The summed E-state index contributed by atoms with van der Waals surface area (Å²) in [6.45, 7) is 8.12. The van der Waals surface area contributed by atoms with Gasteiger partial charge in [0.1, 0.15) is 12.1 Å². The number of carbonyl (C=O) groups excluding carboxylic acids is 5. The van der Waals surface area contributed by atoms with Crippen molar-refractivity contribution in [2.75, 3.05) is 19.6 Å². The van der Waals surface area contributed by atoms with Crippen LogP contribution < -0.4 is 5.32 Å². The lowest BCUT2D eigenvalue weighted by molar-refractivity contribution is -0.136. The maximum absolute atomic E-state index is 13.5. The van der Waals surface area contributed by atoms with Gasteiger partial charge in [0.25, 0.3) is 17.7 Å². The first-order chi connectivity index (χ1) is 26.0. The highest BCUT2D eigenvalue weighted by Crippen LogP contribution is 2.35. The van der Waals surface area contributed by atoms with E-state index in [1.807, 2.05) is 53.8 Å². The van der Waals surface area contributed by atoms with E-state index in [0.717, 1.165) is 63.5 Å². The van der Waals surface area contributed by atoms with Crippen molar-refractivity contribution in [3.05, 3.63) is 110 Å². The minimum Gasteiger partial charge on any atom is -0.339 e. The smallest absolute Gasteiger partial charge is 0.262 e. The Kier molecular flexibility index (Phi) is 9.16. The molecule has 1 unspecified atom stereocenters. The molecule has 274 valence electrons. The number of amides is 5. The van der Waals surface area contributed by atoms with Gasteiger partial charge in [-0.3, -0.25) is 43.8 Å². The molecule has 13 heteroatoms. The van der Waals surface area contributed by atoms with Crippen molar-refractivity contribution in [1.29, 1.82) is 5.26 Å². The van der Waals surface area contributed by atoms with Crippen LogP contribution in [0.25, 0.3) is 11.3 Å². The van der Waals surface area contributed by atoms with Crippen LogP contribution in [-0.2, 0) is 29.2 Å². The number of nitrogens with zero attached hydrogens (tertiary/aromatic N) is 6. The molecule has 0 radical (unpaired) electrons. The van der Waals surface area contributed by atoms with Gasteiger partial charge in [0, 0.05) is 56.0 Å². The van der Waals surface area contributed by atoms with Gasteiger partial charge in [0.05, 0.1) is 34.0 Å². The van der Waals surface area contributed by atoms with Crippen LogP contribution in [0.3, 0.4) is 0 Å². The van der Waals surface area contributed by atoms with Gasteiger partial charge < -0.3 is 4.90 Å². The molecule has 5 amide bonds. The Hall–Kier alpha value is -5.64. The van der Waals surface area contributed by atoms with Crippen molar-refractivity contribution in [3.63, 3.8) is 0 Å². The van der Waals surface area contributed by atoms with Crippen LogP contribution >= 0.6 is 11.6 Å². The molecule has 8 rings (SSSR count). The third-order valence-electron chi connectivity index (χ3n) is 11.4. The topological polar surface area (TPSA) is 149 Å². The fourth-order valence-electron chi connectivity index (χ4n) is 8.18. The third-order valence-corrected chi connectivity index (χ3v) is 11.7. The highest BCUT2D eigenvalue weighted by molar-refractivity contribution is 6.32. The van der Waals surface area contributed by atoms with E-state index in [2.05, 4.69) is 16.3 Å². The summed E-state index contributed by atoms with van der Waals surface area (Å²) in [5.74, 6) is -1.54. The fourth-order valence-corrected chi connectivity index (χ4v) is 8.40. The van der Waals surface area contributed by atoms with Crippen LogP contribution in [0.5, 0.6) is 0 Å². The largest absolute Gasteiger partial charge is 0.339 e. The SMILES string of the molecule is Cc1c(-c2ccc(C#N)c(Cl)c2)nn(Cc2ccc(C(=O)N3CCC(CN4Cc5cc6c(cc5C4)C(=O)N(C4CCC(=O)NC4=O)C6=O)CC3)cc2)c1C. The normalized spacial score (nSPS) is 18.9. The molecule has 3 aromatic carbocycles. The van der Waals surface area contributed by atoms with E-state index in [-0.39, 0.29) is 18.7 Å². The Bertz CT molecular complexity index is 2260. The molecule has 2 saturated heterocycles. The number of nitriles is 1. The molecule has 4 aliphatic heterocycles. The molecule has 0 aliphatic carbocycles. The van der Waals surface area contributed by atoms with Crippen LogP contribution in [0, 0.1) is 31.1 Å². The number of likely N-dealkylation sites (tertiary alicyclic amines) is 1. The molecule has 0 saturated carbocycles. The molecule has 0 spiro atoms. The average Bonchev–Trinajstić information content (AvgIpc) is 3.77. The Labute approximate surface area is 317 Å². The van der Waals surface area contributed by atoms with Gasteiger partial charge in [-0.05, 0) is 97.7 Å². The molecule has 1 N–H and O–H groups in total. The number of carbonyl (C=O) groups is 5. The van der Waals surface area contributed by atoms with Crippen molar-refractivity contribution in [2.45, 2.75) is 65.2 Å². The summed E-state index contributed by atoms with van der Waals surface area (Å²) in [5, 5.41) is 16.7. The van der Waals surface area contributed by atoms with Crippen molar-refractivity contribution >= 4 is 41.1 Å². The molecular weight excluding hydrogens is 706 g/mol. The number of hydrogen-bond donors (Lipinski definition) is 1. The van der Waals surface area contributed by atoms with E-state index in [1.165, 1.54) is 0 Å². The van der Waals surface area contributed by atoms with Gasteiger partial charge in [0.2, 0.25) is 11.8 Å². The Morgan fingerprint density at radius 2 is 1.59 bits per heavy atom. The second kappa shape index (κ2) is 14.0. The molecule has 2 fully saturated rings. The molecule has 1 atom stereocenters. The number of imide groups is 2. The van der Waals surface area contributed by atoms with E-state index in [4.69, 9.17) is 16.7 Å². The predicted molar refractivity (Wildman–Crippen MR) is 198 cm³/mol. The fraction of sp³-hybridized carbons (Fsp3) is 0.341. The zero-order valence-corrected chi connectivity index (χ0v) is 30.8. The minimum atomic E-state index is -0.974. The first kappa shape index (κ1) is 35.4. The lowest BCUT2D eigenvalue weighted by atomic mass is 9.95. The zero-order valence-electron chi connectivity index (χ0n) is 30.0. The van der Waals surface area contributed by atoms with E-state index in [1.54, 1.807) is 24.3 Å². The van der Waals surface area contributed by atoms with E-state index in [0.29, 0.717) is 65.9 Å². The quantitative estimate of drug-likeness (QED) is 0.260. The van der Waals surface area contributed by atoms with Gasteiger partial charge in [-0.2, -0.15) is 10.4 Å². The highest BCUT2D eigenvalue weighted by atomic mass is 35.5. The van der Waals surface area contributed by atoms with Crippen LogP contribution in [0.15, 0.2) is 54.6 Å². The van der Waals surface area contributed by atoms with E-state index >= 15 is 0 Å². The Morgan fingerprint density at radius 1 is 0.926 bits per heavy atom. The molecule has 5 heterocycles. The van der Waals surface area contributed by atoms with Crippen molar-refractivity contribution in [2.24, 2.45) is 5.92 Å². The number of benzene rings is 3. The van der Waals surface area contributed by atoms with Gasteiger partial charge in [-0.15, -0.1) is 0 Å². The summed E-state index contributed by atoms with van der Waals surface area (Å²) in [4.78, 5) is 69.3. The van der Waals surface area contributed by atoms with Gasteiger partial charge in [-0.1, -0.05) is 29.8 Å².